The van der Waals surface area contributed by atoms with Gasteiger partial charge in [-0.25, -0.2) is 0 Å². The van der Waals surface area contributed by atoms with Crippen LogP contribution in [0.25, 0.3) is 0 Å². The van der Waals surface area contributed by atoms with Gasteiger partial charge in [0.15, 0.2) is 0 Å². The highest BCUT2D eigenvalue weighted by atomic mass is 16.4. The minimum atomic E-state index is -1.35. The first-order valence-corrected chi connectivity index (χ1v) is 16.7. The van der Waals surface area contributed by atoms with Crippen LogP contribution < -0.4 is 5.32 Å². The number of carbonyl (C=O) groups is 4. The summed E-state index contributed by atoms with van der Waals surface area (Å²) in [5, 5.41) is 24.2. The number of hydrogen-bond donors (Lipinski definition) is 3. The third-order valence-electron chi connectivity index (χ3n) is 10.4. The van der Waals surface area contributed by atoms with Crippen LogP contribution in [0.15, 0.2) is 91.0 Å². The molecule has 2 amide bonds. The number of nitrogens with one attached hydrogen (secondary N) is 1. The maximum absolute atomic E-state index is 13.7. The van der Waals surface area contributed by atoms with E-state index < -0.39 is 52.9 Å². The van der Waals surface area contributed by atoms with E-state index in [1.165, 1.54) is 0 Å². The zero-order chi connectivity index (χ0) is 34.5. The van der Waals surface area contributed by atoms with Crippen molar-refractivity contribution in [3.8, 4) is 0 Å². The van der Waals surface area contributed by atoms with Gasteiger partial charge in [0, 0.05) is 5.92 Å². The highest BCUT2D eigenvalue weighted by Crippen LogP contribution is 2.50. The van der Waals surface area contributed by atoms with Crippen LogP contribution in [0.3, 0.4) is 0 Å². The van der Waals surface area contributed by atoms with Crippen LogP contribution in [0.2, 0.25) is 0 Å². The van der Waals surface area contributed by atoms with Crippen molar-refractivity contribution in [1.82, 2.24) is 5.32 Å². The van der Waals surface area contributed by atoms with E-state index >= 15 is 0 Å². The molecule has 1 aliphatic rings. The molecule has 250 valence electrons. The first-order chi connectivity index (χ1) is 22.2. The predicted octanol–water partition coefficient (Wildman–Crippen LogP) is 7.75. The van der Waals surface area contributed by atoms with E-state index in [0.29, 0.717) is 5.56 Å². The lowest BCUT2D eigenvalue weighted by molar-refractivity contribution is -0.156. The highest BCUT2D eigenvalue weighted by Gasteiger charge is 2.52. The topological polar surface area (TPSA) is 121 Å². The Morgan fingerprint density at radius 3 is 1.60 bits per heavy atom. The van der Waals surface area contributed by atoms with Gasteiger partial charge in [-0.3, -0.25) is 24.5 Å². The summed E-state index contributed by atoms with van der Waals surface area (Å²) in [6.07, 6.45) is 0.134. The average molecular weight is 640 g/mol. The summed E-state index contributed by atoms with van der Waals surface area (Å²) >= 11 is 0. The number of imide groups is 1. The number of carboxylic acids is 2. The van der Waals surface area contributed by atoms with Gasteiger partial charge in [-0.1, -0.05) is 133 Å². The van der Waals surface area contributed by atoms with Gasteiger partial charge in [0.2, 0.25) is 11.8 Å². The summed E-state index contributed by atoms with van der Waals surface area (Å²) < 4.78 is 0. The van der Waals surface area contributed by atoms with E-state index in [1.807, 2.05) is 87.5 Å². The Hall–Kier alpha value is -4.26. The van der Waals surface area contributed by atoms with Crippen LogP contribution in [0.1, 0.15) is 88.8 Å². The Kier molecular flexibility index (Phi) is 11.4. The van der Waals surface area contributed by atoms with Crippen LogP contribution >= 0.6 is 0 Å². The van der Waals surface area contributed by atoms with Crippen LogP contribution in [0.4, 0.5) is 0 Å². The highest BCUT2D eigenvalue weighted by molar-refractivity contribution is 6.05. The second-order valence-electron chi connectivity index (χ2n) is 14.7. The molecular formula is C40H49NO6. The lowest BCUT2D eigenvalue weighted by Crippen LogP contribution is -2.39. The van der Waals surface area contributed by atoms with Gasteiger partial charge < -0.3 is 10.2 Å². The number of carbonyl (C=O) groups excluding carboxylic acids is 2. The molecule has 7 unspecified atom stereocenters. The Balaban J connectivity index is 1.83. The molecule has 0 aliphatic carbocycles. The van der Waals surface area contributed by atoms with E-state index in [-0.39, 0.29) is 42.4 Å². The summed E-state index contributed by atoms with van der Waals surface area (Å²) in [6.45, 7) is 12.4. The maximum Gasteiger partial charge on any atom is 0.307 e. The van der Waals surface area contributed by atoms with Gasteiger partial charge in [-0.05, 0) is 58.6 Å². The van der Waals surface area contributed by atoms with Crippen LogP contribution in [-0.2, 0) is 19.2 Å². The largest absolute Gasteiger partial charge is 0.481 e. The second kappa shape index (κ2) is 15.1. The van der Waals surface area contributed by atoms with Crippen molar-refractivity contribution in [1.29, 1.82) is 0 Å². The number of carboxylic acid groups (broad SMARTS) is 2. The Bertz CT molecular complexity index is 1510. The fourth-order valence-electron chi connectivity index (χ4n) is 7.77. The van der Waals surface area contributed by atoms with E-state index in [9.17, 15) is 29.4 Å². The molecule has 1 fully saturated rings. The molecule has 3 N–H and O–H groups in total. The van der Waals surface area contributed by atoms with E-state index in [4.69, 9.17) is 0 Å². The molecular weight excluding hydrogens is 590 g/mol. The number of benzene rings is 3. The molecule has 1 saturated heterocycles. The minimum Gasteiger partial charge on any atom is -0.481 e. The third kappa shape index (κ3) is 8.19. The Labute approximate surface area is 278 Å². The van der Waals surface area contributed by atoms with Crippen molar-refractivity contribution in [2.75, 3.05) is 0 Å². The number of aliphatic carboxylic acids is 2. The molecule has 0 saturated carbocycles. The van der Waals surface area contributed by atoms with Gasteiger partial charge in [0.1, 0.15) is 0 Å². The SMILES string of the molecule is CC(C)C(C)C(C[C@@H](C(=O)O)C(C(=O)O)C(CC1C(=O)NC(=O)C1C(c1ccccc1)C(C)(C)C)c1ccccc1)c1ccccc1. The maximum atomic E-state index is 13.7. The normalized spacial score (nSPS) is 20.6. The van der Waals surface area contributed by atoms with Crippen molar-refractivity contribution < 1.29 is 29.4 Å². The first-order valence-electron chi connectivity index (χ1n) is 16.7. The smallest absolute Gasteiger partial charge is 0.307 e. The van der Waals surface area contributed by atoms with Crippen molar-refractivity contribution in [3.05, 3.63) is 108 Å². The fraction of sp³-hybridized carbons (Fsp3) is 0.450. The molecule has 0 bridgehead atoms. The zero-order valence-corrected chi connectivity index (χ0v) is 28.3. The molecule has 4 rings (SSSR count). The second-order valence-corrected chi connectivity index (χ2v) is 14.7. The molecule has 3 aromatic rings. The Morgan fingerprint density at radius 2 is 1.17 bits per heavy atom. The van der Waals surface area contributed by atoms with Crippen molar-refractivity contribution in [3.63, 3.8) is 0 Å². The third-order valence-corrected chi connectivity index (χ3v) is 10.4. The van der Waals surface area contributed by atoms with Crippen molar-refractivity contribution >= 4 is 23.8 Å². The van der Waals surface area contributed by atoms with Crippen molar-refractivity contribution in [2.45, 2.75) is 72.1 Å². The van der Waals surface area contributed by atoms with E-state index in [2.05, 4.69) is 26.1 Å². The fourth-order valence-corrected chi connectivity index (χ4v) is 7.77. The molecule has 1 heterocycles. The molecule has 0 radical (unpaired) electrons. The summed E-state index contributed by atoms with van der Waals surface area (Å²) in [5.41, 5.74) is 2.11. The minimum absolute atomic E-state index is 0.0160. The van der Waals surface area contributed by atoms with E-state index in [1.54, 1.807) is 24.3 Å². The summed E-state index contributed by atoms with van der Waals surface area (Å²) in [6, 6.07) is 28.3. The number of amides is 2. The standard InChI is InChI=1S/C40H49NO6/c1-24(2)25(3)29(26-16-10-7-11-17-26)22-32(38(44)45)33(39(46)47)30(27-18-12-8-13-19-27)23-31-34(37(43)41-36(31)42)35(40(4,5)6)28-20-14-9-15-21-28/h7-21,24-25,29-35H,22-23H2,1-6H3,(H,44,45)(H,46,47)(H,41,42,43)/t25?,29?,30?,31?,32-,33?,34?,35?/m1/s1. The molecule has 0 aromatic heterocycles. The van der Waals surface area contributed by atoms with Gasteiger partial charge in [0.05, 0.1) is 23.7 Å². The van der Waals surface area contributed by atoms with Gasteiger partial charge in [-0.2, -0.15) is 0 Å². The predicted molar refractivity (Wildman–Crippen MR) is 183 cm³/mol. The number of hydrogen-bond acceptors (Lipinski definition) is 4. The Morgan fingerprint density at radius 1 is 0.702 bits per heavy atom. The van der Waals surface area contributed by atoms with Gasteiger partial charge in [-0.15, -0.1) is 0 Å². The summed E-state index contributed by atoms with van der Waals surface area (Å²) in [5.74, 6) is -8.56. The van der Waals surface area contributed by atoms with Crippen molar-refractivity contribution in [2.24, 2.45) is 40.9 Å². The molecule has 7 nitrogen and oxygen atoms in total. The average Bonchev–Trinajstić information content (AvgIpc) is 3.29. The molecule has 7 heteroatoms. The molecule has 3 aromatic carbocycles. The monoisotopic (exact) mass is 639 g/mol. The summed E-state index contributed by atoms with van der Waals surface area (Å²) in [4.78, 5) is 53.8. The van der Waals surface area contributed by atoms with Crippen LogP contribution in [-0.4, -0.2) is 34.0 Å². The molecule has 8 atom stereocenters. The zero-order valence-electron chi connectivity index (χ0n) is 28.3. The van der Waals surface area contributed by atoms with E-state index in [0.717, 1.165) is 11.1 Å². The lowest BCUT2D eigenvalue weighted by Gasteiger charge is -2.39. The molecule has 47 heavy (non-hydrogen) atoms. The quantitative estimate of drug-likeness (QED) is 0.155. The first kappa shape index (κ1) is 35.6. The lowest BCUT2D eigenvalue weighted by atomic mass is 9.63. The van der Waals surface area contributed by atoms with Gasteiger partial charge >= 0.3 is 11.9 Å². The number of rotatable bonds is 14. The molecule has 1 aliphatic heterocycles. The van der Waals surface area contributed by atoms with Crippen LogP contribution in [0.5, 0.6) is 0 Å². The van der Waals surface area contributed by atoms with Gasteiger partial charge in [0.25, 0.3) is 0 Å². The van der Waals surface area contributed by atoms with Crippen LogP contribution in [0, 0.1) is 40.9 Å². The summed E-state index contributed by atoms with van der Waals surface area (Å²) in [7, 11) is 0. The molecule has 0 spiro atoms.